The van der Waals surface area contributed by atoms with E-state index in [1.807, 2.05) is 13.2 Å². The van der Waals surface area contributed by atoms with Crippen molar-refractivity contribution in [3.63, 3.8) is 0 Å². The summed E-state index contributed by atoms with van der Waals surface area (Å²) in [6.07, 6.45) is -2.85. The molecule has 112 valence electrons. The Kier molecular flexibility index (Phi) is 4.63. The van der Waals surface area contributed by atoms with Crippen molar-refractivity contribution in [2.24, 2.45) is 0 Å². The molecule has 0 fully saturated rings. The number of alkyl halides is 3. The molecule has 2 aromatic rings. The van der Waals surface area contributed by atoms with Crippen molar-refractivity contribution >= 4 is 23.4 Å². The average Bonchev–Trinajstić information content (AvgIpc) is 2.40. The zero-order valence-corrected chi connectivity index (χ0v) is 12.6. The van der Waals surface area contributed by atoms with Crippen LogP contribution in [-0.2, 0) is 0 Å². The Bertz CT molecular complexity index is 647. The van der Waals surface area contributed by atoms with Crippen molar-refractivity contribution in [2.45, 2.75) is 18.3 Å². The highest BCUT2D eigenvalue weighted by molar-refractivity contribution is 7.98. The lowest BCUT2D eigenvalue weighted by Gasteiger charge is -2.11. The number of benzene rings is 1. The third-order valence-corrected chi connectivity index (χ3v) is 3.58. The van der Waals surface area contributed by atoms with E-state index >= 15 is 0 Å². The molecule has 0 atom stereocenters. The van der Waals surface area contributed by atoms with E-state index in [0.717, 1.165) is 10.6 Å². The first-order valence-electron chi connectivity index (χ1n) is 5.74. The first kappa shape index (κ1) is 15.9. The minimum atomic E-state index is -4.71. The minimum absolute atomic E-state index is 0.0931. The van der Waals surface area contributed by atoms with Gasteiger partial charge < -0.3 is 4.74 Å². The normalized spacial score (nSPS) is 11.5. The third-order valence-electron chi connectivity index (χ3n) is 2.63. The molecular formula is C13H10ClF3N2OS. The molecule has 0 bridgehead atoms. The van der Waals surface area contributed by atoms with Crippen LogP contribution in [0.1, 0.15) is 5.56 Å². The molecule has 0 aliphatic heterocycles. The molecule has 0 amide bonds. The largest absolute Gasteiger partial charge is 0.573 e. The molecule has 21 heavy (non-hydrogen) atoms. The second kappa shape index (κ2) is 6.11. The third kappa shape index (κ3) is 4.01. The Balaban J connectivity index is 2.37. The van der Waals surface area contributed by atoms with Crippen molar-refractivity contribution in [1.29, 1.82) is 0 Å². The lowest BCUT2D eigenvalue weighted by molar-refractivity contribution is -0.274. The quantitative estimate of drug-likeness (QED) is 0.462. The van der Waals surface area contributed by atoms with E-state index in [2.05, 4.69) is 14.7 Å². The summed E-state index contributed by atoms with van der Waals surface area (Å²) in [5, 5.41) is 0.816. The molecule has 1 aromatic heterocycles. The van der Waals surface area contributed by atoms with E-state index in [1.54, 1.807) is 0 Å². The highest BCUT2D eigenvalue weighted by Gasteiger charge is 2.31. The fraction of sp³-hybridized carbons (Fsp3) is 0.231. The van der Waals surface area contributed by atoms with Gasteiger partial charge in [0.25, 0.3) is 0 Å². The van der Waals surface area contributed by atoms with Crippen LogP contribution in [0.4, 0.5) is 13.2 Å². The molecule has 0 aliphatic rings. The summed E-state index contributed by atoms with van der Waals surface area (Å²) in [5.41, 5.74) is 2.04. The second-order valence-electron chi connectivity index (χ2n) is 4.05. The smallest absolute Gasteiger partial charge is 0.406 e. The van der Waals surface area contributed by atoms with Crippen LogP contribution in [0, 0.1) is 6.92 Å². The number of ether oxygens (including phenoxy) is 1. The summed E-state index contributed by atoms with van der Waals surface area (Å²) in [6.45, 7) is 1.83. The number of hydrogen-bond donors (Lipinski definition) is 0. The molecule has 1 heterocycles. The second-order valence-corrected chi connectivity index (χ2v) is 5.18. The molecular weight excluding hydrogens is 325 g/mol. The van der Waals surface area contributed by atoms with Crippen LogP contribution < -0.4 is 4.74 Å². The van der Waals surface area contributed by atoms with Crippen molar-refractivity contribution in [3.05, 3.63) is 35.1 Å². The molecule has 0 saturated heterocycles. The van der Waals surface area contributed by atoms with Crippen molar-refractivity contribution < 1.29 is 17.9 Å². The summed E-state index contributed by atoms with van der Waals surface area (Å²) in [7, 11) is 0. The zero-order valence-electron chi connectivity index (χ0n) is 11.0. The van der Waals surface area contributed by atoms with Gasteiger partial charge in [-0.15, -0.1) is 24.9 Å². The van der Waals surface area contributed by atoms with Crippen molar-refractivity contribution in [3.8, 4) is 17.0 Å². The number of hydrogen-bond acceptors (Lipinski definition) is 4. The average molecular weight is 335 g/mol. The van der Waals surface area contributed by atoms with Crippen LogP contribution in [0.15, 0.2) is 29.3 Å². The number of nitrogens with zero attached hydrogens (tertiary/aromatic N) is 2. The maximum atomic E-state index is 12.1. The molecule has 0 unspecified atom stereocenters. The van der Waals surface area contributed by atoms with Gasteiger partial charge in [0.1, 0.15) is 10.8 Å². The lowest BCUT2D eigenvalue weighted by atomic mass is 10.1. The maximum absolute atomic E-state index is 12.1. The number of aromatic nitrogens is 2. The van der Waals surface area contributed by atoms with Gasteiger partial charge in [0, 0.05) is 11.1 Å². The Morgan fingerprint density at radius 1 is 1.14 bits per heavy atom. The fourth-order valence-electron chi connectivity index (χ4n) is 1.76. The van der Waals surface area contributed by atoms with Crippen LogP contribution >= 0.6 is 23.4 Å². The maximum Gasteiger partial charge on any atom is 0.573 e. The van der Waals surface area contributed by atoms with E-state index in [0.29, 0.717) is 11.3 Å². The monoisotopic (exact) mass is 334 g/mol. The summed E-state index contributed by atoms with van der Waals surface area (Å²) < 4.78 is 40.2. The summed E-state index contributed by atoms with van der Waals surface area (Å²) in [5.74, 6) is -0.283. The van der Waals surface area contributed by atoms with Gasteiger partial charge in [-0.05, 0) is 49.0 Å². The van der Waals surface area contributed by atoms with Gasteiger partial charge >= 0.3 is 6.36 Å². The van der Waals surface area contributed by atoms with Crippen LogP contribution in [0.25, 0.3) is 11.3 Å². The van der Waals surface area contributed by atoms with Gasteiger partial charge in [-0.1, -0.05) is 0 Å². The summed E-state index contributed by atoms with van der Waals surface area (Å²) in [6, 6.07) is 5.46. The summed E-state index contributed by atoms with van der Waals surface area (Å²) >= 11 is 7.28. The topological polar surface area (TPSA) is 35.0 Å². The number of thioether (sulfide) groups is 1. The molecule has 0 aliphatic carbocycles. The van der Waals surface area contributed by atoms with E-state index in [1.165, 1.54) is 36.0 Å². The predicted molar refractivity (Wildman–Crippen MR) is 75.7 cm³/mol. The predicted octanol–water partition coefficient (Wildman–Crippen LogP) is 4.73. The van der Waals surface area contributed by atoms with Gasteiger partial charge in [0.15, 0.2) is 0 Å². The van der Waals surface area contributed by atoms with E-state index in [-0.39, 0.29) is 11.0 Å². The van der Waals surface area contributed by atoms with Crippen LogP contribution in [0.2, 0.25) is 5.28 Å². The molecule has 0 radical (unpaired) electrons. The Morgan fingerprint density at radius 3 is 2.29 bits per heavy atom. The van der Waals surface area contributed by atoms with Gasteiger partial charge in [-0.3, -0.25) is 0 Å². The van der Waals surface area contributed by atoms with Gasteiger partial charge in [-0.2, -0.15) is 0 Å². The van der Waals surface area contributed by atoms with E-state index in [9.17, 15) is 13.2 Å². The van der Waals surface area contributed by atoms with Crippen LogP contribution in [0.5, 0.6) is 5.75 Å². The Labute approximate surface area is 128 Å². The number of halogens is 4. The molecule has 3 nitrogen and oxygen atoms in total. The molecule has 1 aromatic carbocycles. The SMILES string of the molecule is CSc1nc(Cl)nc(-c2ccc(OC(F)(F)F)cc2)c1C. The van der Waals surface area contributed by atoms with Gasteiger partial charge in [0.2, 0.25) is 5.28 Å². The van der Waals surface area contributed by atoms with Gasteiger partial charge in [-0.25, -0.2) is 9.97 Å². The van der Waals surface area contributed by atoms with E-state index < -0.39 is 6.36 Å². The van der Waals surface area contributed by atoms with E-state index in [4.69, 9.17) is 11.6 Å². The number of rotatable bonds is 3. The molecule has 0 N–H and O–H groups in total. The minimum Gasteiger partial charge on any atom is -0.406 e. The molecule has 8 heteroatoms. The highest BCUT2D eigenvalue weighted by Crippen LogP contribution is 2.30. The molecule has 2 rings (SSSR count). The van der Waals surface area contributed by atoms with Gasteiger partial charge in [0.05, 0.1) is 5.69 Å². The van der Waals surface area contributed by atoms with Crippen LogP contribution in [-0.4, -0.2) is 22.6 Å². The van der Waals surface area contributed by atoms with Crippen molar-refractivity contribution in [2.75, 3.05) is 6.26 Å². The zero-order chi connectivity index (χ0) is 15.6. The fourth-order valence-corrected chi connectivity index (χ4v) is 2.56. The standard InChI is InChI=1S/C13H10ClF3N2OS/c1-7-10(18-12(14)19-11(7)21-2)8-3-5-9(6-4-8)20-13(15,16)17/h3-6H,1-2H3. The summed E-state index contributed by atoms with van der Waals surface area (Å²) in [4.78, 5) is 8.22. The molecule has 0 spiro atoms. The lowest BCUT2D eigenvalue weighted by Crippen LogP contribution is -2.16. The van der Waals surface area contributed by atoms with Crippen LogP contribution in [0.3, 0.4) is 0 Å². The highest BCUT2D eigenvalue weighted by atomic mass is 35.5. The molecule has 0 saturated carbocycles. The Morgan fingerprint density at radius 2 is 1.76 bits per heavy atom. The first-order chi connectivity index (χ1) is 9.80. The Hall–Kier alpha value is -1.47. The first-order valence-corrected chi connectivity index (χ1v) is 7.35. The van der Waals surface area contributed by atoms with Crippen molar-refractivity contribution in [1.82, 2.24) is 9.97 Å².